The van der Waals surface area contributed by atoms with Gasteiger partial charge in [-0.15, -0.1) is 0 Å². The molecule has 0 atom stereocenters. The number of carbonyl (C=O) groups is 4. The number of carboxylic acid groups (broad SMARTS) is 4. The summed E-state index contributed by atoms with van der Waals surface area (Å²) in [5.41, 5.74) is 18.0. The van der Waals surface area contributed by atoms with E-state index in [1.165, 1.54) is 0 Å². The topological polar surface area (TPSA) is 265 Å². The Morgan fingerprint density at radius 1 is 0.500 bits per heavy atom. The van der Waals surface area contributed by atoms with Crippen LogP contribution in [0.1, 0.15) is 0 Å². The fraction of sp³-hybridized carbons (Fsp3) is 0.500. The summed E-state index contributed by atoms with van der Waals surface area (Å²) < 4.78 is 0. The van der Waals surface area contributed by atoms with Crippen LogP contribution in [0.4, 0.5) is 0 Å². The smallest absolute Gasteiger partial charge is 0.549 e. The fourth-order valence-corrected chi connectivity index (χ4v) is 0. The number of aliphatic carboxylic acids is 4. The molecule has 12 nitrogen and oxygen atoms in total. The summed E-state index contributed by atoms with van der Waals surface area (Å²) in [6.07, 6.45) is 0. The van der Waals surface area contributed by atoms with Crippen molar-refractivity contribution < 1.29 is 78.6 Å². The normalized spacial score (nSPS) is 6.73. The van der Waals surface area contributed by atoms with Crippen molar-refractivity contribution in [2.45, 2.75) is 0 Å². The Balaban J connectivity index is -0.0000000376. The van der Waals surface area contributed by atoms with Crippen molar-refractivity contribution in [3.8, 4) is 0 Å². The van der Waals surface area contributed by atoms with Crippen LogP contribution < -0.4 is 43.4 Å². The summed E-state index contributed by atoms with van der Waals surface area (Å²) >= 11 is 0. The van der Waals surface area contributed by atoms with E-state index in [0.717, 1.165) is 0 Å². The van der Waals surface area contributed by atoms with Crippen LogP contribution in [0.15, 0.2) is 0 Å². The Morgan fingerprint density at radius 3 is 0.545 bits per heavy atom. The van der Waals surface area contributed by atoms with Crippen molar-refractivity contribution in [3.05, 3.63) is 0 Å². The second-order valence-corrected chi connectivity index (χ2v) is 2.30. The molecule has 0 amide bonds. The predicted octanol–water partition coefficient (Wildman–Crippen LogP) is -9.23. The first kappa shape index (κ1) is 37.3. The van der Waals surface area contributed by atoms with E-state index < -0.39 is 23.9 Å². The van der Waals surface area contributed by atoms with Gasteiger partial charge in [-0.1, -0.05) is 0 Å². The number of hydrogen-bond donors (Lipinski definition) is 4. The minimum Gasteiger partial charge on any atom is -0.549 e. The van der Waals surface area contributed by atoms with Crippen molar-refractivity contribution in [2.24, 2.45) is 22.9 Å². The Morgan fingerprint density at radius 2 is 0.545 bits per heavy atom. The van der Waals surface area contributed by atoms with E-state index in [2.05, 4.69) is 22.9 Å². The third-order valence-corrected chi connectivity index (χ3v) is 0.667. The summed E-state index contributed by atoms with van der Waals surface area (Å²) in [5.74, 6) is -4.87. The molecule has 0 aromatic heterocycles. The van der Waals surface area contributed by atoms with Gasteiger partial charge in [0.15, 0.2) is 0 Å². The van der Waals surface area contributed by atoms with Gasteiger partial charge in [0, 0.05) is 26.2 Å². The van der Waals surface area contributed by atoms with E-state index in [1.807, 2.05) is 0 Å². The quantitative estimate of drug-likeness (QED) is 0.305. The van der Waals surface area contributed by atoms with Crippen molar-refractivity contribution in [1.29, 1.82) is 0 Å². The van der Waals surface area contributed by atoms with E-state index >= 15 is 0 Å². The molecule has 120 valence electrons. The molecular formula is C8H16N4O8Zn2. The largest absolute Gasteiger partial charge is 2.00 e. The standard InChI is InChI=1S/4C2H5NO2.2Zn/c4*3-1-2(4)5;;/h4*1,3H2,(H,4,5);;/q;;;;2*+2/p-4. The minimum absolute atomic E-state index is 0. The van der Waals surface area contributed by atoms with Gasteiger partial charge in [-0.05, 0) is 0 Å². The molecule has 0 bridgehead atoms. The van der Waals surface area contributed by atoms with Crippen LogP contribution in [-0.2, 0) is 58.1 Å². The van der Waals surface area contributed by atoms with Crippen molar-refractivity contribution >= 4 is 23.9 Å². The monoisotopic (exact) mass is 424 g/mol. The number of carboxylic acids is 4. The van der Waals surface area contributed by atoms with Crippen LogP contribution >= 0.6 is 0 Å². The number of nitrogens with two attached hydrogens (primary N) is 4. The summed E-state index contributed by atoms with van der Waals surface area (Å²) in [7, 11) is 0. The molecule has 14 heteroatoms. The van der Waals surface area contributed by atoms with Gasteiger partial charge in [-0.3, -0.25) is 0 Å². The summed E-state index contributed by atoms with van der Waals surface area (Å²) in [6, 6.07) is 0. The van der Waals surface area contributed by atoms with Crippen LogP contribution in [-0.4, -0.2) is 50.1 Å². The SMILES string of the molecule is NCC(=O)[O-].NCC(=O)[O-].NCC(=O)[O-].NCC(=O)[O-].[Zn+2].[Zn+2]. The number of rotatable bonds is 4. The van der Waals surface area contributed by atoms with E-state index in [1.54, 1.807) is 0 Å². The summed E-state index contributed by atoms with van der Waals surface area (Å²) in [5, 5.41) is 36.5. The molecule has 8 N–H and O–H groups in total. The minimum atomic E-state index is -1.22. The number of hydrogen-bond acceptors (Lipinski definition) is 12. The molecule has 0 aliphatic carbocycles. The average molecular weight is 427 g/mol. The van der Waals surface area contributed by atoms with Crippen LogP contribution in [0.2, 0.25) is 0 Å². The van der Waals surface area contributed by atoms with Crippen molar-refractivity contribution in [2.75, 3.05) is 26.2 Å². The Hall–Kier alpha value is -1.03. The molecule has 0 saturated heterocycles. The molecule has 0 heterocycles. The first-order valence-corrected chi connectivity index (χ1v) is 4.68. The van der Waals surface area contributed by atoms with Gasteiger partial charge in [0.25, 0.3) is 0 Å². The molecule has 0 radical (unpaired) electrons. The second kappa shape index (κ2) is 32.1. The molecule has 0 spiro atoms. The zero-order valence-electron chi connectivity index (χ0n) is 11.8. The van der Waals surface area contributed by atoms with Crippen LogP contribution in [0.3, 0.4) is 0 Å². The van der Waals surface area contributed by atoms with Crippen LogP contribution in [0.25, 0.3) is 0 Å². The molecule has 0 aromatic carbocycles. The molecule has 0 aliphatic rings. The molecular weight excluding hydrogens is 411 g/mol. The van der Waals surface area contributed by atoms with Gasteiger partial charge in [-0.25, -0.2) is 0 Å². The van der Waals surface area contributed by atoms with E-state index in [-0.39, 0.29) is 65.1 Å². The van der Waals surface area contributed by atoms with E-state index in [0.29, 0.717) is 0 Å². The van der Waals surface area contributed by atoms with Crippen molar-refractivity contribution in [1.82, 2.24) is 0 Å². The first-order chi connectivity index (χ1) is 9.08. The van der Waals surface area contributed by atoms with Gasteiger partial charge < -0.3 is 62.5 Å². The molecule has 0 rings (SSSR count). The van der Waals surface area contributed by atoms with Crippen molar-refractivity contribution in [3.63, 3.8) is 0 Å². The van der Waals surface area contributed by atoms with Gasteiger partial charge in [0.05, 0.1) is 23.9 Å². The molecule has 0 saturated carbocycles. The van der Waals surface area contributed by atoms with Crippen LogP contribution in [0, 0.1) is 0 Å². The summed E-state index contributed by atoms with van der Waals surface area (Å²) in [4.78, 5) is 36.5. The maximum atomic E-state index is 9.13. The molecule has 0 aliphatic heterocycles. The third kappa shape index (κ3) is 126. The fourth-order valence-electron chi connectivity index (χ4n) is 0. The van der Waals surface area contributed by atoms with Gasteiger partial charge >= 0.3 is 39.0 Å². The molecule has 0 fully saturated rings. The molecule has 22 heavy (non-hydrogen) atoms. The zero-order valence-corrected chi connectivity index (χ0v) is 17.8. The summed E-state index contributed by atoms with van der Waals surface area (Å²) in [6.45, 7) is -1.56. The third-order valence-electron chi connectivity index (χ3n) is 0.667. The molecule has 0 unspecified atom stereocenters. The van der Waals surface area contributed by atoms with Gasteiger partial charge in [0.1, 0.15) is 0 Å². The zero-order chi connectivity index (χ0) is 17.1. The van der Waals surface area contributed by atoms with E-state index in [4.69, 9.17) is 39.6 Å². The number of carbonyl (C=O) groups excluding carboxylic acids is 4. The first-order valence-electron chi connectivity index (χ1n) is 4.68. The maximum absolute atomic E-state index is 9.13. The average Bonchev–Trinajstić information content (AvgIpc) is 2.40. The van der Waals surface area contributed by atoms with Gasteiger partial charge in [0.2, 0.25) is 0 Å². The Kier molecular flexibility index (Phi) is 54.4. The Labute approximate surface area is 151 Å². The molecule has 0 aromatic rings. The van der Waals surface area contributed by atoms with Crippen LogP contribution in [0.5, 0.6) is 0 Å². The van der Waals surface area contributed by atoms with Gasteiger partial charge in [-0.2, -0.15) is 0 Å². The Bertz CT molecular complexity index is 237. The second-order valence-electron chi connectivity index (χ2n) is 2.30. The van der Waals surface area contributed by atoms with E-state index in [9.17, 15) is 0 Å². The maximum Gasteiger partial charge on any atom is 2.00 e. The predicted molar refractivity (Wildman–Crippen MR) is 56.2 cm³/mol.